The van der Waals surface area contributed by atoms with Crippen LogP contribution in [0, 0.1) is 19.8 Å². The lowest BCUT2D eigenvalue weighted by Crippen LogP contribution is -2.22. The molecule has 1 fully saturated rings. The van der Waals surface area contributed by atoms with Crippen molar-refractivity contribution in [2.45, 2.75) is 53.0 Å². The first-order chi connectivity index (χ1) is 9.58. The molecule has 0 amide bonds. The minimum absolute atomic E-state index is 0.471. The van der Waals surface area contributed by atoms with Crippen molar-refractivity contribution in [2.75, 3.05) is 19.8 Å². The van der Waals surface area contributed by atoms with Crippen molar-refractivity contribution >= 4 is 0 Å². The second-order valence-corrected chi connectivity index (χ2v) is 6.14. The third-order valence-corrected chi connectivity index (χ3v) is 3.88. The number of hydrogen-bond donors (Lipinski definition) is 1. The fraction of sp³-hybridized carbons (Fsp3) is 0.750. The first-order valence-electron chi connectivity index (χ1n) is 7.70. The predicted molar refractivity (Wildman–Crippen MR) is 80.8 cm³/mol. The highest BCUT2D eigenvalue weighted by molar-refractivity contribution is 5.25. The summed E-state index contributed by atoms with van der Waals surface area (Å²) in [5, 5.41) is 3.48. The summed E-state index contributed by atoms with van der Waals surface area (Å²) < 4.78 is 5.42. The molecule has 1 aliphatic heterocycles. The molecule has 1 aromatic rings. The Morgan fingerprint density at radius 1 is 1.15 bits per heavy atom. The highest BCUT2D eigenvalue weighted by atomic mass is 16.5. The molecule has 1 aromatic heterocycles. The maximum absolute atomic E-state index is 5.42. The van der Waals surface area contributed by atoms with E-state index in [-0.39, 0.29) is 0 Å². The molecule has 112 valence electrons. The summed E-state index contributed by atoms with van der Waals surface area (Å²) in [7, 11) is 0. The second kappa shape index (κ2) is 7.14. The van der Waals surface area contributed by atoms with Crippen LogP contribution in [0.25, 0.3) is 0 Å². The standard InChI is InChI=1S/C16H27N3O/c1-11(2)9-17-10-15-12(3)18-16(19-13(15)4)14-5-7-20-8-6-14/h11,14,17H,5-10H2,1-4H3. The summed E-state index contributed by atoms with van der Waals surface area (Å²) in [5.41, 5.74) is 3.49. The zero-order valence-corrected chi connectivity index (χ0v) is 13.2. The Morgan fingerprint density at radius 2 is 1.75 bits per heavy atom. The quantitative estimate of drug-likeness (QED) is 0.899. The van der Waals surface area contributed by atoms with Gasteiger partial charge in [0.15, 0.2) is 0 Å². The fourth-order valence-corrected chi connectivity index (χ4v) is 2.65. The van der Waals surface area contributed by atoms with Gasteiger partial charge in [-0.2, -0.15) is 0 Å². The molecule has 0 aromatic carbocycles. The van der Waals surface area contributed by atoms with E-state index in [2.05, 4.69) is 33.0 Å². The van der Waals surface area contributed by atoms with E-state index in [9.17, 15) is 0 Å². The number of aromatic nitrogens is 2. The molecular formula is C16H27N3O. The normalized spacial score (nSPS) is 16.9. The lowest BCUT2D eigenvalue weighted by Gasteiger charge is -2.22. The van der Waals surface area contributed by atoms with Crippen molar-refractivity contribution in [3.63, 3.8) is 0 Å². The molecule has 4 nitrogen and oxygen atoms in total. The van der Waals surface area contributed by atoms with E-state index < -0.39 is 0 Å². The Balaban J connectivity index is 2.07. The van der Waals surface area contributed by atoms with E-state index >= 15 is 0 Å². The largest absolute Gasteiger partial charge is 0.381 e. The van der Waals surface area contributed by atoms with Crippen molar-refractivity contribution in [3.8, 4) is 0 Å². The summed E-state index contributed by atoms with van der Waals surface area (Å²) in [6, 6.07) is 0. The molecule has 0 radical (unpaired) electrons. The first kappa shape index (κ1) is 15.4. The number of rotatable bonds is 5. The number of hydrogen-bond acceptors (Lipinski definition) is 4. The molecule has 0 unspecified atom stereocenters. The van der Waals surface area contributed by atoms with Gasteiger partial charge in [0, 0.05) is 42.6 Å². The highest BCUT2D eigenvalue weighted by Gasteiger charge is 2.20. The van der Waals surface area contributed by atoms with E-state index in [1.807, 2.05) is 0 Å². The molecule has 0 bridgehead atoms. The van der Waals surface area contributed by atoms with Crippen LogP contribution in [0.2, 0.25) is 0 Å². The molecule has 1 saturated heterocycles. The van der Waals surface area contributed by atoms with E-state index in [4.69, 9.17) is 14.7 Å². The van der Waals surface area contributed by atoms with Gasteiger partial charge in [0.2, 0.25) is 0 Å². The zero-order valence-electron chi connectivity index (χ0n) is 13.2. The third-order valence-electron chi connectivity index (χ3n) is 3.88. The van der Waals surface area contributed by atoms with E-state index in [1.54, 1.807) is 0 Å². The predicted octanol–water partition coefficient (Wildman–Crippen LogP) is 2.73. The van der Waals surface area contributed by atoms with Crippen LogP contribution in [0.5, 0.6) is 0 Å². The molecule has 2 rings (SSSR count). The molecule has 4 heteroatoms. The minimum Gasteiger partial charge on any atom is -0.381 e. The van der Waals surface area contributed by atoms with Crippen LogP contribution >= 0.6 is 0 Å². The monoisotopic (exact) mass is 277 g/mol. The molecular weight excluding hydrogens is 250 g/mol. The molecule has 1 aliphatic rings. The topological polar surface area (TPSA) is 47.0 Å². The Kier molecular flexibility index (Phi) is 5.49. The lowest BCUT2D eigenvalue weighted by atomic mass is 9.98. The van der Waals surface area contributed by atoms with Crippen LogP contribution in [0.15, 0.2) is 0 Å². The molecule has 0 atom stereocenters. The van der Waals surface area contributed by atoms with Crippen molar-refractivity contribution in [2.24, 2.45) is 5.92 Å². The maximum Gasteiger partial charge on any atom is 0.132 e. The van der Waals surface area contributed by atoms with Gasteiger partial charge in [0.05, 0.1) is 0 Å². The number of nitrogens with one attached hydrogen (secondary N) is 1. The van der Waals surface area contributed by atoms with Gasteiger partial charge in [-0.15, -0.1) is 0 Å². The molecule has 20 heavy (non-hydrogen) atoms. The molecule has 2 heterocycles. The minimum atomic E-state index is 0.471. The molecule has 0 saturated carbocycles. The summed E-state index contributed by atoms with van der Waals surface area (Å²) in [6.45, 7) is 12.2. The Bertz CT molecular complexity index is 416. The second-order valence-electron chi connectivity index (χ2n) is 6.14. The van der Waals surface area contributed by atoms with Gasteiger partial charge in [-0.25, -0.2) is 9.97 Å². The SMILES string of the molecule is Cc1nc(C2CCOCC2)nc(C)c1CNCC(C)C. The Labute approximate surface area is 122 Å². The van der Waals surface area contributed by atoms with Crippen LogP contribution in [0.4, 0.5) is 0 Å². The van der Waals surface area contributed by atoms with Crippen LogP contribution in [0.3, 0.4) is 0 Å². The van der Waals surface area contributed by atoms with Gasteiger partial charge in [0.1, 0.15) is 5.82 Å². The van der Waals surface area contributed by atoms with E-state index in [1.165, 1.54) is 5.56 Å². The van der Waals surface area contributed by atoms with Gasteiger partial charge in [-0.3, -0.25) is 0 Å². The third kappa shape index (κ3) is 4.00. The summed E-state index contributed by atoms with van der Waals surface area (Å²) in [5.74, 6) is 2.15. The smallest absolute Gasteiger partial charge is 0.132 e. The molecule has 0 aliphatic carbocycles. The zero-order chi connectivity index (χ0) is 14.5. The van der Waals surface area contributed by atoms with Crippen molar-refractivity contribution < 1.29 is 4.74 Å². The molecule has 0 spiro atoms. The number of nitrogens with zero attached hydrogens (tertiary/aromatic N) is 2. The average molecular weight is 277 g/mol. The van der Waals surface area contributed by atoms with E-state index in [0.29, 0.717) is 11.8 Å². The maximum atomic E-state index is 5.42. The van der Waals surface area contributed by atoms with Crippen molar-refractivity contribution in [1.29, 1.82) is 0 Å². The summed E-state index contributed by atoms with van der Waals surface area (Å²) in [6.07, 6.45) is 2.09. The van der Waals surface area contributed by atoms with Crippen molar-refractivity contribution in [3.05, 3.63) is 22.8 Å². The van der Waals surface area contributed by atoms with E-state index in [0.717, 1.165) is 56.4 Å². The van der Waals surface area contributed by atoms with Crippen molar-refractivity contribution in [1.82, 2.24) is 15.3 Å². The number of ether oxygens (including phenoxy) is 1. The van der Waals surface area contributed by atoms with Gasteiger partial charge in [-0.05, 0) is 39.2 Å². The lowest BCUT2D eigenvalue weighted by molar-refractivity contribution is 0.0835. The van der Waals surface area contributed by atoms with Crippen LogP contribution in [-0.4, -0.2) is 29.7 Å². The summed E-state index contributed by atoms with van der Waals surface area (Å²) in [4.78, 5) is 9.50. The number of aryl methyl sites for hydroxylation is 2. The van der Waals surface area contributed by atoms with Gasteiger partial charge in [0.25, 0.3) is 0 Å². The van der Waals surface area contributed by atoms with Gasteiger partial charge in [-0.1, -0.05) is 13.8 Å². The van der Waals surface area contributed by atoms with Crippen LogP contribution in [-0.2, 0) is 11.3 Å². The van der Waals surface area contributed by atoms with Gasteiger partial charge >= 0.3 is 0 Å². The van der Waals surface area contributed by atoms with Crippen LogP contribution < -0.4 is 5.32 Å². The van der Waals surface area contributed by atoms with Gasteiger partial charge < -0.3 is 10.1 Å². The Morgan fingerprint density at radius 3 is 2.30 bits per heavy atom. The van der Waals surface area contributed by atoms with Crippen LogP contribution in [0.1, 0.15) is 55.4 Å². The average Bonchev–Trinajstić information content (AvgIpc) is 2.42. The highest BCUT2D eigenvalue weighted by Crippen LogP contribution is 2.25. The molecule has 1 N–H and O–H groups in total. The Hall–Kier alpha value is -1.00. The first-order valence-corrected chi connectivity index (χ1v) is 7.70. The fourth-order valence-electron chi connectivity index (χ4n) is 2.65. The summed E-state index contributed by atoms with van der Waals surface area (Å²) >= 11 is 0.